The number of aromatic amines is 1. The van der Waals surface area contributed by atoms with Crippen molar-refractivity contribution in [3.8, 4) is 0 Å². The van der Waals surface area contributed by atoms with Gasteiger partial charge in [-0.25, -0.2) is 0 Å². The van der Waals surface area contributed by atoms with Crippen molar-refractivity contribution >= 4 is 12.4 Å². The van der Waals surface area contributed by atoms with Gasteiger partial charge in [-0.05, 0) is 6.92 Å². The Hall–Kier alpha value is -0.935. The van der Waals surface area contributed by atoms with E-state index in [2.05, 4.69) is 10.2 Å². The van der Waals surface area contributed by atoms with Gasteiger partial charge in [-0.15, -0.1) is 0 Å². The molecule has 0 bridgehead atoms. The molecule has 0 atom stereocenters. The average molecular weight is 149 g/mol. The summed E-state index contributed by atoms with van der Waals surface area (Å²) in [5.74, 6) is 0. The van der Waals surface area contributed by atoms with E-state index < -0.39 is 12.4 Å². The van der Waals surface area contributed by atoms with Gasteiger partial charge in [0.1, 0.15) is 0 Å². The highest BCUT2D eigenvalue weighted by Crippen LogP contribution is 2.08. The van der Waals surface area contributed by atoms with E-state index in [9.17, 15) is 12.9 Å². The Bertz CT molecular complexity index is 229. The van der Waals surface area contributed by atoms with E-state index in [-0.39, 0.29) is 5.69 Å². The number of hydrogen-bond donors (Lipinski definition) is 1. The second-order valence-corrected chi connectivity index (χ2v) is 2.03. The minimum Gasteiger partial charge on any atom is -0.445 e. The Labute approximate surface area is 55.5 Å². The Morgan fingerprint density at radius 3 is 2.30 bits per heavy atom. The second-order valence-electron chi connectivity index (χ2n) is 2.03. The van der Waals surface area contributed by atoms with Gasteiger partial charge in [0.25, 0.3) is 0 Å². The number of aromatic nitrogens is 2. The molecule has 1 heterocycles. The second kappa shape index (κ2) is 2.03. The lowest BCUT2D eigenvalue weighted by molar-refractivity contribution is 0.500. The van der Waals surface area contributed by atoms with Crippen molar-refractivity contribution in [2.24, 2.45) is 0 Å². The quantitative estimate of drug-likeness (QED) is 0.587. The number of aryl methyl sites for hydroxylation is 1. The molecule has 1 aromatic heterocycles. The molecule has 0 aliphatic heterocycles. The predicted molar refractivity (Wildman–Crippen MR) is 32.0 cm³/mol. The minimum absolute atomic E-state index is 0.0764. The number of halogens is 3. The Kier molecular flexibility index (Phi) is 1.46. The van der Waals surface area contributed by atoms with Crippen molar-refractivity contribution in [1.29, 1.82) is 0 Å². The average Bonchev–Trinajstić information content (AvgIpc) is 2.11. The van der Waals surface area contributed by atoms with Crippen LogP contribution in [0.25, 0.3) is 0 Å². The highest BCUT2D eigenvalue weighted by Gasteiger charge is 2.28. The fourth-order valence-electron chi connectivity index (χ4n) is 0.690. The van der Waals surface area contributed by atoms with Crippen molar-refractivity contribution in [1.82, 2.24) is 10.2 Å². The summed E-state index contributed by atoms with van der Waals surface area (Å²) < 4.78 is 35.7. The summed E-state index contributed by atoms with van der Waals surface area (Å²) in [6.07, 6.45) is 0.801. The molecule has 0 saturated heterocycles. The summed E-state index contributed by atoms with van der Waals surface area (Å²) in [6, 6.07) is 0. The lowest BCUT2D eigenvalue weighted by Crippen LogP contribution is -2.34. The van der Waals surface area contributed by atoms with Gasteiger partial charge in [-0.2, -0.15) is 5.10 Å². The fraction of sp³-hybridized carbons (Fsp3) is 0.250. The predicted octanol–water partition coefficient (Wildman–Crippen LogP) is 0.773. The lowest BCUT2D eigenvalue weighted by atomic mass is 9.81. The van der Waals surface area contributed by atoms with E-state index in [1.807, 2.05) is 0 Å². The van der Waals surface area contributed by atoms with Crippen molar-refractivity contribution in [2.45, 2.75) is 6.92 Å². The van der Waals surface area contributed by atoms with Crippen molar-refractivity contribution < 1.29 is 12.9 Å². The molecule has 0 unspecified atom stereocenters. The third-order valence-electron chi connectivity index (χ3n) is 1.22. The van der Waals surface area contributed by atoms with E-state index >= 15 is 0 Å². The number of rotatable bonds is 1. The monoisotopic (exact) mass is 149 g/mol. The molecule has 2 nitrogen and oxygen atoms in total. The first-order valence-electron chi connectivity index (χ1n) is 2.71. The zero-order chi connectivity index (χ0) is 7.78. The van der Waals surface area contributed by atoms with Crippen LogP contribution in [0.2, 0.25) is 0 Å². The maximum atomic E-state index is 11.9. The Morgan fingerprint density at radius 1 is 1.50 bits per heavy atom. The van der Waals surface area contributed by atoms with Gasteiger partial charge in [-0.1, -0.05) is 5.46 Å². The third-order valence-corrected chi connectivity index (χ3v) is 1.22. The number of nitrogens with one attached hydrogen (secondary N) is 1. The summed E-state index contributed by atoms with van der Waals surface area (Å²) in [5.41, 5.74) is -0.562. The van der Waals surface area contributed by atoms with Crippen LogP contribution in [0.3, 0.4) is 0 Å². The zero-order valence-electron chi connectivity index (χ0n) is 5.24. The van der Waals surface area contributed by atoms with Gasteiger partial charge in [0, 0.05) is 11.9 Å². The van der Waals surface area contributed by atoms with E-state index in [0.29, 0.717) is 0 Å². The normalized spacial score (nSPS) is 12.0. The van der Waals surface area contributed by atoms with Crippen LogP contribution in [0.4, 0.5) is 12.9 Å². The van der Waals surface area contributed by atoms with Gasteiger partial charge < -0.3 is 12.9 Å². The van der Waals surface area contributed by atoms with Crippen molar-refractivity contribution in [2.75, 3.05) is 0 Å². The Balaban J connectivity index is 3.05. The summed E-state index contributed by atoms with van der Waals surface area (Å²) in [6.45, 7) is -3.54. The molecule has 0 aromatic carbocycles. The first-order chi connectivity index (χ1) is 4.52. The maximum absolute atomic E-state index is 11.9. The molecule has 10 heavy (non-hydrogen) atoms. The molecule has 1 N–H and O–H groups in total. The molecule has 0 aliphatic carbocycles. The standard InChI is InChI=1S/C4H5BF3N2/c1-3-4(2-9-10-3)5(6,7)8/h2H,1H3,(H,9,10)/q-1. The van der Waals surface area contributed by atoms with Gasteiger partial charge in [0.05, 0.1) is 0 Å². The van der Waals surface area contributed by atoms with E-state index in [4.69, 9.17) is 0 Å². The van der Waals surface area contributed by atoms with Crippen LogP contribution >= 0.6 is 0 Å². The van der Waals surface area contributed by atoms with Crippen LogP contribution in [0.5, 0.6) is 0 Å². The smallest absolute Gasteiger partial charge is 0.445 e. The van der Waals surface area contributed by atoms with E-state index in [0.717, 1.165) is 6.20 Å². The number of hydrogen-bond acceptors (Lipinski definition) is 1. The first-order valence-corrected chi connectivity index (χ1v) is 2.71. The first kappa shape index (κ1) is 7.18. The van der Waals surface area contributed by atoms with Crippen LogP contribution in [0, 0.1) is 6.92 Å². The molecular formula is C4H5BF3N2-. The van der Waals surface area contributed by atoms with Gasteiger partial charge >= 0.3 is 6.98 Å². The zero-order valence-corrected chi connectivity index (χ0v) is 5.24. The third kappa shape index (κ3) is 1.15. The number of H-pyrrole nitrogens is 1. The molecule has 0 amide bonds. The van der Waals surface area contributed by atoms with E-state index in [1.54, 1.807) is 0 Å². The molecule has 1 aromatic rings. The summed E-state index contributed by atoms with van der Waals surface area (Å²) in [7, 11) is 0. The van der Waals surface area contributed by atoms with Crippen molar-refractivity contribution in [3.05, 3.63) is 11.9 Å². The van der Waals surface area contributed by atoms with Crippen molar-refractivity contribution in [3.63, 3.8) is 0 Å². The van der Waals surface area contributed by atoms with Gasteiger partial charge in [0.2, 0.25) is 0 Å². The molecule has 0 saturated carbocycles. The van der Waals surface area contributed by atoms with Crippen LogP contribution in [-0.2, 0) is 0 Å². The van der Waals surface area contributed by atoms with Crippen LogP contribution in [0.15, 0.2) is 6.20 Å². The SMILES string of the molecule is Cc1[nH]ncc1[B-](F)(F)F. The van der Waals surface area contributed by atoms with E-state index in [1.165, 1.54) is 6.92 Å². The van der Waals surface area contributed by atoms with Crippen LogP contribution in [-0.4, -0.2) is 17.2 Å². The molecule has 0 spiro atoms. The molecule has 0 aliphatic rings. The molecule has 0 fully saturated rings. The van der Waals surface area contributed by atoms with Gasteiger partial charge in [-0.3, -0.25) is 5.10 Å². The van der Waals surface area contributed by atoms with Crippen LogP contribution in [0.1, 0.15) is 5.69 Å². The topological polar surface area (TPSA) is 28.7 Å². The van der Waals surface area contributed by atoms with Gasteiger partial charge in [0.15, 0.2) is 0 Å². The summed E-state index contributed by atoms with van der Waals surface area (Å²) in [5, 5.41) is 5.48. The summed E-state index contributed by atoms with van der Waals surface area (Å²) >= 11 is 0. The molecule has 0 radical (unpaired) electrons. The largest absolute Gasteiger partial charge is 0.512 e. The highest BCUT2D eigenvalue weighted by atomic mass is 19.4. The molecular weight excluding hydrogens is 144 g/mol. The Morgan fingerprint density at radius 2 is 2.10 bits per heavy atom. The fourth-order valence-corrected chi connectivity index (χ4v) is 0.690. The molecule has 56 valence electrons. The summed E-state index contributed by atoms with van der Waals surface area (Å²) in [4.78, 5) is 0. The highest BCUT2D eigenvalue weighted by molar-refractivity contribution is 6.73. The minimum atomic E-state index is -4.88. The molecule has 6 heteroatoms. The molecule has 1 rings (SSSR count). The number of nitrogens with zero attached hydrogens (tertiary/aromatic N) is 1. The maximum Gasteiger partial charge on any atom is 0.512 e. The lowest BCUT2D eigenvalue weighted by Gasteiger charge is -2.11. The van der Waals surface area contributed by atoms with Crippen LogP contribution < -0.4 is 5.46 Å².